The van der Waals surface area contributed by atoms with Crippen LogP contribution >= 0.6 is 23.1 Å². The molecule has 2 aromatic heterocycles. The molecule has 0 atom stereocenters. The van der Waals surface area contributed by atoms with Gasteiger partial charge in [-0.05, 0) is 37.6 Å². The number of rotatable bonds is 9. The molecule has 0 aliphatic heterocycles. The van der Waals surface area contributed by atoms with Crippen LogP contribution in [0.5, 0.6) is 0 Å². The summed E-state index contributed by atoms with van der Waals surface area (Å²) in [6, 6.07) is 15.2. The van der Waals surface area contributed by atoms with E-state index in [1.165, 1.54) is 23.1 Å². The number of hydrogen-bond donors (Lipinski definition) is 1. The summed E-state index contributed by atoms with van der Waals surface area (Å²) in [5.41, 5.74) is 3.53. The largest absolute Gasteiger partial charge is 0.326 e. The number of carbonyl (C=O) groups excluding carboxylic acids is 1. The molecule has 0 radical (unpaired) electrons. The minimum Gasteiger partial charge on any atom is -0.326 e. The number of aryl methyl sites for hydroxylation is 1. The van der Waals surface area contributed by atoms with Crippen molar-refractivity contribution >= 4 is 45.6 Å². The van der Waals surface area contributed by atoms with E-state index in [1.807, 2.05) is 60.8 Å². The average molecular weight is 479 g/mol. The number of thiazole rings is 1. The fourth-order valence-corrected chi connectivity index (χ4v) is 5.20. The second kappa shape index (κ2) is 10.8. The lowest BCUT2D eigenvalue weighted by atomic mass is 10.2. The van der Waals surface area contributed by atoms with Crippen molar-refractivity contribution in [1.29, 1.82) is 0 Å². The highest BCUT2D eigenvalue weighted by atomic mass is 32.2. The summed E-state index contributed by atoms with van der Waals surface area (Å²) in [5, 5.41) is 7.00. The Morgan fingerprint density at radius 2 is 1.91 bits per heavy atom. The van der Waals surface area contributed by atoms with Crippen molar-refractivity contribution in [3.05, 3.63) is 80.5 Å². The van der Waals surface area contributed by atoms with E-state index in [1.54, 1.807) is 4.57 Å². The summed E-state index contributed by atoms with van der Waals surface area (Å²) in [4.78, 5) is 34.7. The first kappa shape index (κ1) is 23.2. The smallest absolute Gasteiger partial charge is 0.262 e. The monoisotopic (exact) mass is 478 g/mol. The van der Waals surface area contributed by atoms with Gasteiger partial charge in [0.15, 0.2) is 5.16 Å². The van der Waals surface area contributed by atoms with E-state index in [2.05, 4.69) is 17.2 Å². The Bertz CT molecular complexity index is 1310. The second-order valence-electron chi connectivity index (χ2n) is 7.83. The van der Waals surface area contributed by atoms with Gasteiger partial charge in [0, 0.05) is 23.4 Å². The van der Waals surface area contributed by atoms with Gasteiger partial charge in [0.25, 0.3) is 5.56 Å². The Labute approximate surface area is 201 Å². The molecule has 0 unspecified atom stereocenters. The quantitative estimate of drug-likeness (QED) is 0.256. The Morgan fingerprint density at radius 1 is 1.12 bits per heavy atom. The maximum Gasteiger partial charge on any atom is 0.262 e. The Morgan fingerprint density at radius 3 is 2.70 bits per heavy atom. The molecule has 4 rings (SSSR count). The lowest BCUT2D eigenvalue weighted by Crippen LogP contribution is -2.23. The fraction of sp³-hybridized carbons (Fsp3) is 0.280. The molecule has 1 N–H and O–H groups in total. The van der Waals surface area contributed by atoms with Crippen molar-refractivity contribution < 1.29 is 4.79 Å². The van der Waals surface area contributed by atoms with Crippen molar-refractivity contribution in [3.63, 3.8) is 0 Å². The normalized spacial score (nSPS) is 11.1. The first-order chi connectivity index (χ1) is 16.0. The van der Waals surface area contributed by atoms with Gasteiger partial charge in [0.05, 0.1) is 23.0 Å². The zero-order chi connectivity index (χ0) is 23.2. The minimum absolute atomic E-state index is 0.00305. The van der Waals surface area contributed by atoms with Crippen LogP contribution in [-0.2, 0) is 23.5 Å². The number of amides is 1. The van der Waals surface area contributed by atoms with Gasteiger partial charge < -0.3 is 5.32 Å². The maximum absolute atomic E-state index is 13.0. The molecule has 8 heteroatoms. The second-order valence-corrected chi connectivity index (χ2v) is 9.72. The molecule has 2 aromatic carbocycles. The third-order valence-electron chi connectivity index (χ3n) is 5.16. The van der Waals surface area contributed by atoms with E-state index >= 15 is 0 Å². The molecule has 4 aromatic rings. The molecule has 170 valence electrons. The number of para-hydroxylation sites is 1. The van der Waals surface area contributed by atoms with Crippen molar-refractivity contribution in [3.8, 4) is 0 Å². The number of nitrogens with one attached hydrogen (secondary N) is 1. The standard InChI is InChI=1S/C25H26N4O2S2/c1-3-4-13-29-24(31)20-7-5-6-8-21(20)28-25(29)33-16-19-15-32-23(27-19)14-22(30)26-18-11-9-17(2)10-12-18/h5-12,15H,3-4,13-14,16H2,1-2H3,(H,26,30). The van der Waals surface area contributed by atoms with E-state index in [0.29, 0.717) is 28.4 Å². The van der Waals surface area contributed by atoms with Crippen LogP contribution in [-0.4, -0.2) is 20.4 Å². The van der Waals surface area contributed by atoms with Crippen LogP contribution in [0.2, 0.25) is 0 Å². The van der Waals surface area contributed by atoms with Crippen LogP contribution in [0, 0.1) is 6.92 Å². The molecule has 0 fully saturated rings. The topological polar surface area (TPSA) is 76.9 Å². The van der Waals surface area contributed by atoms with Crippen LogP contribution in [0.15, 0.2) is 63.9 Å². The molecular formula is C25H26N4O2S2. The number of nitrogens with zero attached hydrogens (tertiary/aromatic N) is 3. The van der Waals surface area contributed by atoms with Gasteiger partial charge in [0.1, 0.15) is 5.01 Å². The van der Waals surface area contributed by atoms with Gasteiger partial charge in [-0.25, -0.2) is 9.97 Å². The van der Waals surface area contributed by atoms with Crippen LogP contribution in [0.1, 0.15) is 36.0 Å². The van der Waals surface area contributed by atoms with E-state index in [0.717, 1.165) is 34.8 Å². The highest BCUT2D eigenvalue weighted by molar-refractivity contribution is 7.98. The molecular weight excluding hydrogens is 452 g/mol. The first-order valence-corrected chi connectivity index (χ1v) is 12.8. The molecule has 0 spiro atoms. The maximum atomic E-state index is 13.0. The molecule has 0 aliphatic rings. The number of anilines is 1. The van der Waals surface area contributed by atoms with Crippen LogP contribution < -0.4 is 10.9 Å². The highest BCUT2D eigenvalue weighted by Gasteiger charge is 2.13. The van der Waals surface area contributed by atoms with Gasteiger partial charge in [0.2, 0.25) is 5.91 Å². The number of carbonyl (C=O) groups is 1. The first-order valence-electron chi connectivity index (χ1n) is 11.0. The molecule has 6 nitrogen and oxygen atoms in total. The summed E-state index contributed by atoms with van der Waals surface area (Å²) < 4.78 is 1.78. The highest BCUT2D eigenvalue weighted by Crippen LogP contribution is 2.24. The number of fused-ring (bicyclic) bond motifs is 1. The van der Waals surface area contributed by atoms with Gasteiger partial charge in [-0.1, -0.05) is 54.9 Å². The molecule has 0 saturated heterocycles. The summed E-state index contributed by atoms with van der Waals surface area (Å²) in [6.45, 7) is 4.77. The van der Waals surface area contributed by atoms with Gasteiger partial charge >= 0.3 is 0 Å². The molecule has 0 aliphatic carbocycles. The molecule has 33 heavy (non-hydrogen) atoms. The zero-order valence-corrected chi connectivity index (χ0v) is 20.3. The van der Waals surface area contributed by atoms with Crippen molar-refractivity contribution in [2.45, 2.75) is 50.6 Å². The molecule has 1 amide bonds. The molecule has 0 bridgehead atoms. The average Bonchev–Trinajstić information content (AvgIpc) is 3.26. The summed E-state index contributed by atoms with van der Waals surface area (Å²) in [5.74, 6) is 0.504. The number of unbranched alkanes of at least 4 members (excludes halogenated alkanes) is 1. The number of benzene rings is 2. The third-order valence-corrected chi connectivity index (χ3v) is 7.07. The fourth-order valence-electron chi connectivity index (χ4n) is 3.39. The predicted molar refractivity (Wildman–Crippen MR) is 136 cm³/mol. The number of hydrogen-bond acceptors (Lipinski definition) is 6. The minimum atomic E-state index is -0.0861. The Kier molecular flexibility index (Phi) is 7.57. The van der Waals surface area contributed by atoms with Crippen molar-refractivity contribution in [1.82, 2.24) is 14.5 Å². The van der Waals surface area contributed by atoms with Gasteiger partial charge in [-0.3, -0.25) is 14.2 Å². The zero-order valence-electron chi connectivity index (χ0n) is 18.7. The van der Waals surface area contributed by atoms with Crippen molar-refractivity contribution in [2.75, 3.05) is 5.32 Å². The van der Waals surface area contributed by atoms with E-state index in [4.69, 9.17) is 4.98 Å². The third kappa shape index (κ3) is 5.89. The van der Waals surface area contributed by atoms with Crippen molar-refractivity contribution in [2.24, 2.45) is 0 Å². The van der Waals surface area contributed by atoms with Crippen LogP contribution in [0.3, 0.4) is 0 Å². The lowest BCUT2D eigenvalue weighted by molar-refractivity contribution is -0.115. The van der Waals surface area contributed by atoms with Crippen LogP contribution in [0.4, 0.5) is 5.69 Å². The van der Waals surface area contributed by atoms with Crippen LogP contribution in [0.25, 0.3) is 10.9 Å². The summed E-state index contributed by atoms with van der Waals surface area (Å²) >= 11 is 2.99. The molecule has 2 heterocycles. The number of thioether (sulfide) groups is 1. The number of aromatic nitrogens is 3. The summed E-state index contributed by atoms with van der Waals surface area (Å²) in [7, 11) is 0. The Balaban J connectivity index is 1.44. The van der Waals surface area contributed by atoms with E-state index < -0.39 is 0 Å². The van der Waals surface area contributed by atoms with E-state index in [-0.39, 0.29) is 17.9 Å². The van der Waals surface area contributed by atoms with E-state index in [9.17, 15) is 9.59 Å². The molecule has 0 saturated carbocycles. The Hall–Kier alpha value is -2.97. The SMILES string of the molecule is CCCCn1c(SCc2csc(CC(=O)Nc3ccc(C)cc3)n2)nc2ccccc2c1=O. The lowest BCUT2D eigenvalue weighted by Gasteiger charge is -2.12. The van der Waals surface area contributed by atoms with Gasteiger partial charge in [-0.15, -0.1) is 11.3 Å². The van der Waals surface area contributed by atoms with Gasteiger partial charge in [-0.2, -0.15) is 0 Å². The summed E-state index contributed by atoms with van der Waals surface area (Å²) in [6.07, 6.45) is 2.16. The predicted octanol–water partition coefficient (Wildman–Crippen LogP) is 5.44.